The summed E-state index contributed by atoms with van der Waals surface area (Å²) in [5.41, 5.74) is 3.94. The fourth-order valence-electron chi connectivity index (χ4n) is 1.68. The Morgan fingerprint density at radius 2 is 1.94 bits per heavy atom. The number of hydrogen-bond donors (Lipinski definition) is 1. The maximum absolute atomic E-state index is 10.4. The van der Waals surface area contributed by atoms with E-state index >= 15 is 0 Å². The van der Waals surface area contributed by atoms with E-state index in [2.05, 4.69) is 36.9 Å². The Labute approximate surface area is 103 Å². The van der Waals surface area contributed by atoms with Crippen LogP contribution >= 0.6 is 0 Å². The monoisotopic (exact) mass is 235 g/mol. The molecule has 94 valence electrons. The van der Waals surface area contributed by atoms with Crippen LogP contribution in [0, 0.1) is 13.8 Å². The molecule has 1 aromatic rings. The number of aryl methyl sites for hydroxylation is 2. The highest BCUT2D eigenvalue weighted by atomic mass is 16.4. The van der Waals surface area contributed by atoms with Crippen molar-refractivity contribution in [1.29, 1.82) is 0 Å². The Balaban J connectivity index is 2.39. The molecule has 0 saturated carbocycles. The van der Waals surface area contributed by atoms with Crippen molar-refractivity contribution in [3.05, 3.63) is 34.9 Å². The zero-order valence-electron chi connectivity index (χ0n) is 10.9. The SMILES string of the molecule is Cc1ccc(CCN(C)CCC(=O)O)cc1C. The van der Waals surface area contributed by atoms with E-state index in [4.69, 9.17) is 5.11 Å². The second kappa shape index (κ2) is 6.40. The summed E-state index contributed by atoms with van der Waals surface area (Å²) in [6, 6.07) is 6.50. The molecule has 3 nitrogen and oxygen atoms in total. The maximum Gasteiger partial charge on any atom is 0.304 e. The molecule has 3 heteroatoms. The molecule has 1 N–H and O–H groups in total. The fraction of sp³-hybridized carbons (Fsp3) is 0.500. The van der Waals surface area contributed by atoms with Gasteiger partial charge in [-0.05, 0) is 44.0 Å². The lowest BCUT2D eigenvalue weighted by atomic mass is 10.0. The first-order chi connectivity index (χ1) is 7.99. The van der Waals surface area contributed by atoms with E-state index in [1.807, 2.05) is 7.05 Å². The number of carboxylic acids is 1. The molecule has 17 heavy (non-hydrogen) atoms. The van der Waals surface area contributed by atoms with Crippen LogP contribution in [0.2, 0.25) is 0 Å². The van der Waals surface area contributed by atoms with Crippen LogP contribution in [-0.2, 0) is 11.2 Å². The van der Waals surface area contributed by atoms with E-state index in [0.717, 1.165) is 13.0 Å². The second-order valence-corrected chi connectivity index (χ2v) is 4.62. The molecule has 0 aliphatic rings. The first kappa shape index (κ1) is 13.7. The minimum Gasteiger partial charge on any atom is -0.481 e. The average molecular weight is 235 g/mol. The number of rotatable bonds is 6. The molecule has 0 saturated heterocycles. The first-order valence-electron chi connectivity index (χ1n) is 5.95. The first-order valence-corrected chi connectivity index (χ1v) is 5.95. The summed E-state index contributed by atoms with van der Waals surface area (Å²) in [4.78, 5) is 12.5. The van der Waals surface area contributed by atoms with Gasteiger partial charge in [-0.2, -0.15) is 0 Å². The zero-order chi connectivity index (χ0) is 12.8. The van der Waals surface area contributed by atoms with E-state index in [0.29, 0.717) is 6.54 Å². The van der Waals surface area contributed by atoms with Crippen molar-refractivity contribution in [1.82, 2.24) is 4.90 Å². The summed E-state index contributed by atoms with van der Waals surface area (Å²) >= 11 is 0. The van der Waals surface area contributed by atoms with Gasteiger partial charge in [-0.3, -0.25) is 4.79 Å². The van der Waals surface area contributed by atoms with Crippen LogP contribution in [-0.4, -0.2) is 36.1 Å². The summed E-state index contributed by atoms with van der Waals surface area (Å²) < 4.78 is 0. The van der Waals surface area contributed by atoms with Gasteiger partial charge in [-0.1, -0.05) is 18.2 Å². The molecule has 0 bridgehead atoms. The normalized spacial score (nSPS) is 10.8. The maximum atomic E-state index is 10.4. The van der Waals surface area contributed by atoms with Crippen LogP contribution in [0.5, 0.6) is 0 Å². The number of carbonyl (C=O) groups is 1. The van der Waals surface area contributed by atoms with Crippen LogP contribution in [0.25, 0.3) is 0 Å². The van der Waals surface area contributed by atoms with E-state index in [-0.39, 0.29) is 6.42 Å². The molecule has 0 radical (unpaired) electrons. The van der Waals surface area contributed by atoms with Crippen LogP contribution in [0.1, 0.15) is 23.1 Å². The predicted molar refractivity (Wildman–Crippen MR) is 69.4 cm³/mol. The van der Waals surface area contributed by atoms with Crippen molar-refractivity contribution in [3.8, 4) is 0 Å². The third kappa shape index (κ3) is 5.00. The number of aliphatic carboxylic acids is 1. The highest BCUT2D eigenvalue weighted by molar-refractivity contribution is 5.66. The molecule has 0 atom stereocenters. The summed E-state index contributed by atoms with van der Waals surface area (Å²) in [6.07, 6.45) is 1.18. The van der Waals surface area contributed by atoms with Crippen LogP contribution in [0.3, 0.4) is 0 Å². The molecule has 0 fully saturated rings. The van der Waals surface area contributed by atoms with Crippen LogP contribution < -0.4 is 0 Å². The van der Waals surface area contributed by atoms with Gasteiger partial charge in [0.25, 0.3) is 0 Å². The molecule has 0 heterocycles. The van der Waals surface area contributed by atoms with Gasteiger partial charge in [-0.15, -0.1) is 0 Å². The molecular formula is C14H21NO2. The van der Waals surface area contributed by atoms with E-state index in [1.54, 1.807) is 0 Å². The smallest absolute Gasteiger partial charge is 0.304 e. The lowest BCUT2D eigenvalue weighted by Gasteiger charge is -2.15. The van der Waals surface area contributed by atoms with Gasteiger partial charge in [-0.25, -0.2) is 0 Å². The van der Waals surface area contributed by atoms with Gasteiger partial charge >= 0.3 is 5.97 Å². The number of benzene rings is 1. The molecule has 0 aromatic heterocycles. The van der Waals surface area contributed by atoms with E-state index in [1.165, 1.54) is 16.7 Å². The third-order valence-corrected chi connectivity index (χ3v) is 3.06. The van der Waals surface area contributed by atoms with Crippen molar-refractivity contribution in [2.75, 3.05) is 20.1 Å². The Morgan fingerprint density at radius 1 is 1.24 bits per heavy atom. The van der Waals surface area contributed by atoms with Crippen molar-refractivity contribution in [2.24, 2.45) is 0 Å². The van der Waals surface area contributed by atoms with Gasteiger partial charge in [0, 0.05) is 13.1 Å². The second-order valence-electron chi connectivity index (χ2n) is 4.62. The molecule has 0 aliphatic carbocycles. The fourth-order valence-corrected chi connectivity index (χ4v) is 1.68. The highest BCUT2D eigenvalue weighted by Crippen LogP contribution is 2.10. The molecule has 1 aromatic carbocycles. The van der Waals surface area contributed by atoms with Crippen LogP contribution in [0.4, 0.5) is 0 Å². The predicted octanol–water partition coefficient (Wildman–Crippen LogP) is 2.25. The van der Waals surface area contributed by atoms with Crippen molar-refractivity contribution < 1.29 is 9.90 Å². The van der Waals surface area contributed by atoms with Crippen LogP contribution in [0.15, 0.2) is 18.2 Å². The molecule has 0 amide bonds. The number of hydrogen-bond acceptors (Lipinski definition) is 2. The molecule has 0 spiro atoms. The topological polar surface area (TPSA) is 40.5 Å². The zero-order valence-corrected chi connectivity index (χ0v) is 10.9. The van der Waals surface area contributed by atoms with Gasteiger partial charge < -0.3 is 10.0 Å². The van der Waals surface area contributed by atoms with Crippen molar-refractivity contribution >= 4 is 5.97 Å². The van der Waals surface area contributed by atoms with Crippen molar-refractivity contribution in [2.45, 2.75) is 26.7 Å². The highest BCUT2D eigenvalue weighted by Gasteiger charge is 2.03. The van der Waals surface area contributed by atoms with E-state index < -0.39 is 5.97 Å². The standard InChI is InChI=1S/C14H21NO2/c1-11-4-5-13(10-12(11)2)6-8-15(3)9-7-14(16)17/h4-5,10H,6-9H2,1-3H3,(H,16,17). The largest absolute Gasteiger partial charge is 0.481 e. The van der Waals surface area contributed by atoms with E-state index in [9.17, 15) is 4.79 Å². The lowest BCUT2D eigenvalue weighted by Crippen LogP contribution is -2.24. The summed E-state index contributed by atoms with van der Waals surface area (Å²) in [5.74, 6) is -0.733. The van der Waals surface area contributed by atoms with Gasteiger partial charge in [0.15, 0.2) is 0 Å². The number of likely N-dealkylation sites (N-methyl/N-ethyl adjacent to an activating group) is 1. The van der Waals surface area contributed by atoms with Gasteiger partial charge in [0.2, 0.25) is 0 Å². The Morgan fingerprint density at radius 3 is 2.53 bits per heavy atom. The Bertz CT molecular complexity index is 388. The Hall–Kier alpha value is -1.35. The number of nitrogens with zero attached hydrogens (tertiary/aromatic N) is 1. The minimum absolute atomic E-state index is 0.212. The average Bonchev–Trinajstić information content (AvgIpc) is 2.28. The minimum atomic E-state index is -0.733. The molecule has 0 unspecified atom stereocenters. The van der Waals surface area contributed by atoms with Gasteiger partial charge in [0.05, 0.1) is 6.42 Å². The van der Waals surface area contributed by atoms with Gasteiger partial charge in [0.1, 0.15) is 0 Å². The summed E-state index contributed by atoms with van der Waals surface area (Å²) in [5, 5.41) is 8.59. The summed E-state index contributed by atoms with van der Waals surface area (Å²) in [7, 11) is 1.96. The Kier molecular flexibility index (Phi) is 5.16. The number of carboxylic acid groups (broad SMARTS) is 1. The molecular weight excluding hydrogens is 214 g/mol. The quantitative estimate of drug-likeness (QED) is 0.822. The lowest BCUT2D eigenvalue weighted by molar-refractivity contribution is -0.137. The molecule has 1 rings (SSSR count). The molecule has 0 aliphatic heterocycles. The third-order valence-electron chi connectivity index (χ3n) is 3.06. The summed E-state index contributed by atoms with van der Waals surface area (Å²) in [6.45, 7) is 5.74. The van der Waals surface area contributed by atoms with Crippen molar-refractivity contribution in [3.63, 3.8) is 0 Å².